The molecule has 0 fully saturated rings. The Morgan fingerprint density at radius 3 is 1.64 bits per heavy atom. The molecule has 0 aliphatic carbocycles. The zero-order valence-electron chi connectivity index (χ0n) is 9.12. The van der Waals surface area contributed by atoms with Crippen molar-refractivity contribution in [2.75, 3.05) is 20.0 Å². The van der Waals surface area contributed by atoms with Gasteiger partial charge in [-0.25, -0.2) is 0 Å². The van der Waals surface area contributed by atoms with Crippen LogP contribution in [0.25, 0.3) is 0 Å². The Balaban J connectivity index is 4.33. The Morgan fingerprint density at radius 1 is 1.09 bits per heavy atom. The van der Waals surface area contributed by atoms with E-state index in [1.54, 1.807) is 0 Å². The molecule has 0 aromatic rings. The summed E-state index contributed by atoms with van der Waals surface area (Å²) in [6, 6.07) is 0. The van der Waals surface area contributed by atoms with Crippen molar-refractivity contribution in [3.63, 3.8) is 0 Å². The van der Waals surface area contributed by atoms with Gasteiger partial charge in [0.05, 0.1) is 0 Å². The monoisotopic (exact) mass is 176 g/mol. The van der Waals surface area contributed by atoms with E-state index in [1.165, 1.54) is 19.3 Å². The van der Waals surface area contributed by atoms with Gasteiger partial charge in [-0.1, -0.05) is 0 Å². The van der Waals surface area contributed by atoms with E-state index in [0.717, 1.165) is 0 Å². The molecule has 0 saturated heterocycles. The van der Waals surface area contributed by atoms with E-state index < -0.39 is 7.26 Å². The van der Waals surface area contributed by atoms with Crippen LogP contribution in [-0.2, 0) is 0 Å². The molecule has 0 unspecified atom stereocenters. The molecular weight excluding hydrogens is 151 g/mol. The molecule has 0 aliphatic heterocycles. The Bertz CT molecular complexity index is 113. The molecule has 0 rings (SSSR count). The third kappa shape index (κ3) is 2.75. The average molecular weight is 176 g/mol. The fourth-order valence-electron chi connectivity index (χ4n) is 1.63. The van der Waals surface area contributed by atoms with Crippen LogP contribution in [-0.4, -0.2) is 25.2 Å². The van der Waals surface area contributed by atoms with Crippen molar-refractivity contribution in [2.24, 2.45) is 0 Å². The van der Waals surface area contributed by atoms with E-state index in [0.29, 0.717) is 5.16 Å². The van der Waals surface area contributed by atoms with E-state index in [1.807, 2.05) is 0 Å². The van der Waals surface area contributed by atoms with Gasteiger partial charge in [-0.3, -0.25) is 0 Å². The summed E-state index contributed by atoms with van der Waals surface area (Å²) in [5, 5.41) is 0.668. The fraction of sp³-hybridized carbons (Fsp3) is 1.00. The third-order valence-corrected chi connectivity index (χ3v) is 7.62. The molecule has 0 nitrogen and oxygen atoms in total. The van der Waals surface area contributed by atoms with Gasteiger partial charge in [0, 0.05) is 0 Å². The summed E-state index contributed by atoms with van der Waals surface area (Å²) in [6.07, 6.45) is 4.12. The van der Waals surface area contributed by atoms with Crippen LogP contribution in [0.3, 0.4) is 0 Å². The van der Waals surface area contributed by atoms with Crippen LogP contribution >= 0.6 is 7.26 Å². The van der Waals surface area contributed by atoms with Crippen molar-refractivity contribution in [3.05, 3.63) is 0 Å². The molecule has 0 saturated carbocycles. The summed E-state index contributed by atoms with van der Waals surface area (Å²) in [5.74, 6) is 0. The summed E-state index contributed by atoms with van der Waals surface area (Å²) in [7, 11) is -0.932. The van der Waals surface area contributed by atoms with Gasteiger partial charge >= 0.3 is 72.4 Å². The summed E-state index contributed by atoms with van der Waals surface area (Å²) in [6.45, 7) is 14.6. The van der Waals surface area contributed by atoms with Crippen LogP contribution in [0.1, 0.15) is 40.0 Å². The summed E-state index contributed by atoms with van der Waals surface area (Å²) >= 11 is 0. The van der Waals surface area contributed by atoms with Gasteiger partial charge in [0.2, 0.25) is 0 Å². The Hall–Kier alpha value is 0.430. The predicted molar refractivity (Wildman–Crippen MR) is 59.7 cm³/mol. The number of hydrogen-bond donors (Lipinski definition) is 0. The van der Waals surface area contributed by atoms with Gasteiger partial charge in [-0.15, -0.1) is 0 Å². The molecule has 11 heavy (non-hydrogen) atoms. The first-order valence-electron chi connectivity index (χ1n) is 4.87. The van der Waals surface area contributed by atoms with Crippen LogP contribution in [0.15, 0.2) is 0 Å². The molecule has 0 spiro atoms. The summed E-state index contributed by atoms with van der Waals surface area (Å²) in [4.78, 5) is 0. The molecule has 0 aromatic heterocycles. The summed E-state index contributed by atoms with van der Waals surface area (Å²) in [5.41, 5.74) is 0. The fourth-order valence-corrected chi connectivity index (χ4v) is 3.69. The van der Waals surface area contributed by atoms with Crippen LogP contribution in [0, 0.1) is 0 Å². The van der Waals surface area contributed by atoms with Gasteiger partial charge < -0.3 is 0 Å². The molecule has 0 aromatic carbocycles. The molecule has 0 aliphatic rings. The zero-order chi connectivity index (χ0) is 9.12. The Labute approximate surface area is 73.1 Å². The first-order valence-corrected chi connectivity index (χ1v) is 8.37. The molecular formula is C10H25P. The molecule has 0 heterocycles. The van der Waals surface area contributed by atoms with Gasteiger partial charge in [0.25, 0.3) is 0 Å². The quantitative estimate of drug-likeness (QED) is 0.574. The third-order valence-electron chi connectivity index (χ3n) is 3.39. The number of hydrogen-bond acceptors (Lipinski definition) is 0. The van der Waals surface area contributed by atoms with Crippen LogP contribution in [0.4, 0.5) is 0 Å². The Kier molecular flexibility index (Phi) is 4.05. The molecule has 1 heteroatoms. The standard InChI is InChI=1S/C10H25P/c1-7-9-10(3,8-2)11(4,5)6/h11H,7-9H2,1-6H3/t10-/m0/s1. The van der Waals surface area contributed by atoms with Crippen molar-refractivity contribution in [1.29, 1.82) is 0 Å². The van der Waals surface area contributed by atoms with Gasteiger partial charge in [0.1, 0.15) is 0 Å². The van der Waals surface area contributed by atoms with Crippen LogP contribution < -0.4 is 0 Å². The SMILES string of the molecule is CCC[C@](C)(CC)[PH](C)(C)C. The molecule has 70 valence electrons. The van der Waals surface area contributed by atoms with Crippen molar-refractivity contribution < 1.29 is 0 Å². The normalized spacial score (nSPS) is 19.5. The average Bonchev–Trinajstić information content (AvgIpc) is 1.86. The second-order valence-corrected chi connectivity index (χ2v) is 10.6. The first kappa shape index (κ1) is 11.4. The van der Waals surface area contributed by atoms with E-state index >= 15 is 0 Å². The number of rotatable bonds is 4. The second-order valence-electron chi connectivity index (χ2n) is 4.91. The van der Waals surface area contributed by atoms with E-state index in [-0.39, 0.29) is 0 Å². The van der Waals surface area contributed by atoms with E-state index in [2.05, 4.69) is 40.8 Å². The maximum absolute atomic E-state index is 2.49. The second kappa shape index (κ2) is 3.90. The molecule has 1 atom stereocenters. The van der Waals surface area contributed by atoms with Gasteiger partial charge in [0.15, 0.2) is 0 Å². The van der Waals surface area contributed by atoms with Crippen molar-refractivity contribution in [2.45, 2.75) is 45.2 Å². The van der Waals surface area contributed by atoms with Crippen LogP contribution in [0.2, 0.25) is 0 Å². The van der Waals surface area contributed by atoms with Gasteiger partial charge in [-0.2, -0.15) is 0 Å². The van der Waals surface area contributed by atoms with E-state index in [9.17, 15) is 0 Å². The molecule has 0 N–H and O–H groups in total. The Morgan fingerprint density at radius 2 is 1.55 bits per heavy atom. The molecule has 0 amide bonds. The first-order chi connectivity index (χ1) is 4.87. The maximum atomic E-state index is 2.49. The van der Waals surface area contributed by atoms with Crippen LogP contribution in [0.5, 0.6) is 0 Å². The van der Waals surface area contributed by atoms with Crippen molar-refractivity contribution in [1.82, 2.24) is 0 Å². The minimum absolute atomic E-state index is 0.668. The minimum atomic E-state index is -0.932. The molecule has 0 radical (unpaired) electrons. The summed E-state index contributed by atoms with van der Waals surface area (Å²) < 4.78 is 0. The van der Waals surface area contributed by atoms with E-state index in [4.69, 9.17) is 0 Å². The topological polar surface area (TPSA) is 0 Å². The van der Waals surface area contributed by atoms with Crippen molar-refractivity contribution >= 4 is 7.26 Å². The molecule has 0 bridgehead atoms. The van der Waals surface area contributed by atoms with Crippen molar-refractivity contribution in [3.8, 4) is 0 Å². The van der Waals surface area contributed by atoms with Gasteiger partial charge in [-0.05, 0) is 0 Å². The predicted octanol–water partition coefficient (Wildman–Crippen LogP) is 3.59. The zero-order valence-corrected chi connectivity index (χ0v) is 10.1.